The van der Waals surface area contributed by atoms with Gasteiger partial charge in [-0.25, -0.2) is 9.78 Å². The Labute approximate surface area is 263 Å². The second-order valence-corrected chi connectivity index (χ2v) is 11.4. The highest BCUT2D eigenvalue weighted by molar-refractivity contribution is 5.94. The molecule has 2 fully saturated rings. The number of ether oxygens (including phenoxy) is 1. The van der Waals surface area contributed by atoms with Crippen LogP contribution in [-0.2, 0) is 45.0 Å². The first-order chi connectivity index (χ1) is 22.0. The van der Waals surface area contributed by atoms with Crippen LogP contribution in [0.3, 0.4) is 0 Å². The molecule has 0 saturated carbocycles. The second-order valence-electron chi connectivity index (χ2n) is 11.4. The van der Waals surface area contributed by atoms with Gasteiger partial charge in [0.05, 0.1) is 24.9 Å². The number of nitrogens with zero attached hydrogens (tertiary/aromatic N) is 5. The van der Waals surface area contributed by atoms with Crippen molar-refractivity contribution in [3.05, 3.63) is 89.5 Å². The predicted octanol–water partition coefficient (Wildman–Crippen LogP) is 3.71. The topological polar surface area (TPSA) is 117 Å². The molecule has 3 heterocycles. The molecule has 0 radical (unpaired) electrons. The Hall–Kier alpha value is -4.88. The van der Waals surface area contributed by atoms with Crippen LogP contribution in [0.4, 0.5) is 18.0 Å². The zero-order valence-electron chi connectivity index (χ0n) is 25.3. The number of halogens is 3. The molecular formula is C32H35F3N6O5. The Balaban J connectivity index is 1.32. The summed E-state index contributed by atoms with van der Waals surface area (Å²) < 4.78 is 47.3. The van der Waals surface area contributed by atoms with Gasteiger partial charge in [-0.1, -0.05) is 42.0 Å². The monoisotopic (exact) mass is 640 g/mol. The van der Waals surface area contributed by atoms with Crippen molar-refractivity contribution in [1.82, 2.24) is 29.6 Å². The van der Waals surface area contributed by atoms with E-state index in [-0.39, 0.29) is 43.9 Å². The van der Waals surface area contributed by atoms with Crippen LogP contribution in [0, 0.1) is 6.92 Å². The first kappa shape index (κ1) is 32.5. The van der Waals surface area contributed by atoms with Crippen molar-refractivity contribution < 1.29 is 37.1 Å². The molecule has 244 valence electrons. The van der Waals surface area contributed by atoms with E-state index in [1.54, 1.807) is 12.5 Å². The Morgan fingerprint density at radius 3 is 2.59 bits per heavy atom. The zero-order chi connectivity index (χ0) is 32.8. The number of aryl methyl sites for hydroxylation is 2. The molecule has 2 saturated heterocycles. The van der Waals surface area contributed by atoms with Gasteiger partial charge in [0.25, 0.3) is 0 Å². The number of rotatable bonds is 10. The number of nitrogens with one attached hydrogen (secondary N) is 1. The molecule has 4 amide bonds. The molecule has 3 aromatic rings. The smallest absolute Gasteiger partial charge is 0.416 e. The van der Waals surface area contributed by atoms with Crippen LogP contribution < -0.4 is 5.32 Å². The molecule has 14 heteroatoms. The lowest BCUT2D eigenvalue weighted by molar-refractivity contribution is -0.169. The summed E-state index contributed by atoms with van der Waals surface area (Å²) in [5.41, 5.74) is 0.500. The number of aromatic nitrogens is 2. The van der Waals surface area contributed by atoms with Gasteiger partial charge in [0.15, 0.2) is 0 Å². The largest absolute Gasteiger partial charge is 0.444 e. The third kappa shape index (κ3) is 7.85. The van der Waals surface area contributed by atoms with E-state index in [1.165, 1.54) is 27.7 Å². The lowest BCUT2D eigenvalue weighted by Crippen LogP contribution is -2.71. The molecule has 1 N–H and O–H groups in total. The lowest BCUT2D eigenvalue weighted by Gasteiger charge is -2.51. The Morgan fingerprint density at radius 2 is 1.87 bits per heavy atom. The molecule has 0 bridgehead atoms. The molecule has 0 unspecified atom stereocenters. The van der Waals surface area contributed by atoms with Crippen LogP contribution in [0.25, 0.3) is 0 Å². The van der Waals surface area contributed by atoms with E-state index in [2.05, 4.69) is 10.3 Å². The van der Waals surface area contributed by atoms with E-state index >= 15 is 0 Å². The van der Waals surface area contributed by atoms with Gasteiger partial charge in [0, 0.05) is 45.0 Å². The molecule has 11 nitrogen and oxygen atoms in total. The standard InChI is InChI=1S/C32H35F3N6O5/c1-22-14-24(16-25(15-22)32(33,34)35)20-46-31(45)40-12-8-29(43)41-26(17-27(42)37-9-5-11-38-13-10-36-21-38)30(44)39(19-28(40)41)18-23-6-3-2-4-7-23/h2-4,6-7,10,13-16,21,26,28H,5,8-9,11-12,17-20H2,1H3,(H,37,42)/t26-,28+/m0/s1. The molecular weight excluding hydrogens is 605 g/mol. The fourth-order valence-corrected chi connectivity index (χ4v) is 5.83. The van der Waals surface area contributed by atoms with E-state index in [0.717, 1.165) is 17.7 Å². The number of amides is 4. The Bertz CT molecular complexity index is 1550. The highest BCUT2D eigenvalue weighted by Crippen LogP contribution is 2.32. The van der Waals surface area contributed by atoms with Crippen molar-refractivity contribution in [3.63, 3.8) is 0 Å². The van der Waals surface area contributed by atoms with Gasteiger partial charge in [-0.05, 0) is 36.6 Å². The zero-order valence-corrected chi connectivity index (χ0v) is 25.3. The van der Waals surface area contributed by atoms with Gasteiger partial charge in [-0.3, -0.25) is 19.3 Å². The third-order valence-corrected chi connectivity index (χ3v) is 7.98. The summed E-state index contributed by atoms with van der Waals surface area (Å²) in [7, 11) is 0. The molecule has 0 spiro atoms. The molecule has 0 aliphatic carbocycles. The van der Waals surface area contributed by atoms with Gasteiger partial charge < -0.3 is 24.4 Å². The summed E-state index contributed by atoms with van der Waals surface area (Å²) in [4.78, 5) is 61.6. The van der Waals surface area contributed by atoms with Crippen LogP contribution in [0.1, 0.15) is 41.5 Å². The fraction of sp³-hybridized carbons (Fsp3) is 0.406. The molecule has 5 rings (SSSR count). The van der Waals surface area contributed by atoms with Crippen LogP contribution in [0.5, 0.6) is 0 Å². The number of piperazine rings is 1. The van der Waals surface area contributed by atoms with E-state index in [9.17, 15) is 32.3 Å². The number of hydrogen-bond donors (Lipinski definition) is 1. The van der Waals surface area contributed by atoms with Gasteiger partial charge >= 0.3 is 12.3 Å². The van der Waals surface area contributed by atoms with Gasteiger partial charge in [-0.2, -0.15) is 13.2 Å². The average molecular weight is 641 g/mol. The van der Waals surface area contributed by atoms with Crippen molar-refractivity contribution in [2.75, 3.05) is 19.6 Å². The van der Waals surface area contributed by atoms with Crippen LogP contribution >= 0.6 is 0 Å². The average Bonchev–Trinajstić information content (AvgIpc) is 3.54. The highest BCUT2D eigenvalue weighted by Gasteiger charge is 2.49. The summed E-state index contributed by atoms with van der Waals surface area (Å²) in [5, 5.41) is 2.81. The van der Waals surface area contributed by atoms with Crippen LogP contribution in [0.15, 0.2) is 67.3 Å². The van der Waals surface area contributed by atoms with Gasteiger partial charge in [0.2, 0.25) is 17.7 Å². The number of carbonyl (C=O) groups excluding carboxylic acids is 4. The third-order valence-electron chi connectivity index (χ3n) is 7.98. The summed E-state index contributed by atoms with van der Waals surface area (Å²) >= 11 is 0. The van der Waals surface area contributed by atoms with E-state index < -0.39 is 48.5 Å². The van der Waals surface area contributed by atoms with E-state index in [4.69, 9.17) is 4.74 Å². The predicted molar refractivity (Wildman–Crippen MR) is 158 cm³/mol. The molecule has 2 aliphatic heterocycles. The number of alkyl halides is 3. The quantitative estimate of drug-likeness (QED) is 0.338. The van der Waals surface area contributed by atoms with Crippen molar-refractivity contribution in [1.29, 1.82) is 0 Å². The SMILES string of the molecule is Cc1cc(COC(=O)N2CCC(=O)N3[C@@H]2CN(Cc2ccccc2)C(=O)[C@@H]3CC(=O)NCCCn2ccnc2)cc(C(F)(F)F)c1. The maximum atomic E-state index is 13.8. The Kier molecular flexibility index (Phi) is 9.93. The maximum absolute atomic E-state index is 13.8. The molecule has 46 heavy (non-hydrogen) atoms. The summed E-state index contributed by atoms with van der Waals surface area (Å²) in [6.45, 7) is 2.23. The molecule has 2 atom stereocenters. The first-order valence-corrected chi connectivity index (χ1v) is 15.0. The van der Waals surface area contributed by atoms with Gasteiger partial charge in [0.1, 0.15) is 18.8 Å². The number of benzene rings is 2. The van der Waals surface area contributed by atoms with E-state index in [1.807, 2.05) is 41.1 Å². The fourth-order valence-electron chi connectivity index (χ4n) is 5.83. The second kappa shape index (κ2) is 14.0. The minimum absolute atomic E-state index is 0.0129. The minimum Gasteiger partial charge on any atom is -0.444 e. The summed E-state index contributed by atoms with van der Waals surface area (Å²) in [5.74, 6) is -1.22. The first-order valence-electron chi connectivity index (χ1n) is 15.0. The normalized spacial score (nSPS) is 18.4. The highest BCUT2D eigenvalue weighted by atomic mass is 19.4. The number of hydrogen-bond acceptors (Lipinski definition) is 6. The summed E-state index contributed by atoms with van der Waals surface area (Å²) in [6.07, 6.45) is -0.980. The van der Waals surface area contributed by atoms with E-state index in [0.29, 0.717) is 25.1 Å². The van der Waals surface area contributed by atoms with Crippen molar-refractivity contribution in [2.24, 2.45) is 0 Å². The van der Waals surface area contributed by atoms with Crippen molar-refractivity contribution in [3.8, 4) is 0 Å². The summed E-state index contributed by atoms with van der Waals surface area (Å²) in [6, 6.07) is 11.5. The van der Waals surface area contributed by atoms with Crippen molar-refractivity contribution >= 4 is 23.8 Å². The van der Waals surface area contributed by atoms with Crippen molar-refractivity contribution in [2.45, 2.75) is 64.3 Å². The lowest BCUT2D eigenvalue weighted by atomic mass is 10.0. The maximum Gasteiger partial charge on any atom is 0.416 e. The number of carbonyl (C=O) groups is 4. The number of imidazole rings is 1. The Morgan fingerprint density at radius 1 is 1.09 bits per heavy atom. The molecule has 1 aromatic heterocycles. The van der Waals surface area contributed by atoms with Gasteiger partial charge in [-0.15, -0.1) is 0 Å². The molecule has 2 aliphatic rings. The van der Waals surface area contributed by atoms with Crippen LogP contribution in [0.2, 0.25) is 0 Å². The van der Waals surface area contributed by atoms with Crippen LogP contribution in [-0.4, -0.2) is 79.9 Å². The number of fused-ring (bicyclic) bond motifs is 1. The minimum atomic E-state index is -4.56. The molecule has 2 aromatic carbocycles.